The second kappa shape index (κ2) is 5.59. The van der Waals surface area contributed by atoms with E-state index >= 15 is 0 Å². The van der Waals surface area contributed by atoms with Crippen molar-refractivity contribution < 1.29 is 28.7 Å². The summed E-state index contributed by atoms with van der Waals surface area (Å²) >= 11 is 0. The van der Waals surface area contributed by atoms with Gasteiger partial charge in [-0.1, -0.05) is 6.58 Å². The monoisotopic (exact) mass is 239 g/mol. The van der Waals surface area contributed by atoms with Gasteiger partial charge in [-0.3, -0.25) is 19.3 Å². The molecule has 1 aliphatic rings. The van der Waals surface area contributed by atoms with Gasteiger partial charge in [-0.25, -0.2) is 4.79 Å². The summed E-state index contributed by atoms with van der Waals surface area (Å²) in [5, 5.41) is 0. The first-order valence-electron chi connectivity index (χ1n) is 4.53. The van der Waals surface area contributed by atoms with E-state index in [1.165, 1.54) is 0 Å². The number of rotatable bonds is 5. The number of imide groups is 1. The van der Waals surface area contributed by atoms with Crippen molar-refractivity contribution in [2.75, 3.05) is 13.3 Å². The van der Waals surface area contributed by atoms with Crippen LogP contribution in [0.2, 0.25) is 0 Å². The van der Waals surface area contributed by atoms with Gasteiger partial charge in [-0.15, -0.1) is 0 Å². The lowest BCUT2D eigenvalue weighted by Crippen LogP contribution is -2.36. The Bertz CT molecular complexity index is 393. The Labute approximate surface area is 96.3 Å². The van der Waals surface area contributed by atoms with Crippen molar-refractivity contribution in [1.29, 1.82) is 0 Å². The molecule has 0 aromatic heterocycles. The lowest BCUT2D eigenvalue weighted by molar-refractivity contribution is -0.167. The first-order valence-corrected chi connectivity index (χ1v) is 4.53. The maximum atomic E-state index is 11.1. The van der Waals surface area contributed by atoms with Crippen molar-refractivity contribution in [3.63, 3.8) is 0 Å². The fraction of sp³-hybridized carbons (Fsp3) is 0.200. The molecule has 0 saturated heterocycles. The van der Waals surface area contributed by atoms with Crippen molar-refractivity contribution in [1.82, 2.24) is 4.90 Å². The molecule has 0 N–H and O–H groups in total. The zero-order chi connectivity index (χ0) is 12.8. The van der Waals surface area contributed by atoms with Crippen molar-refractivity contribution in [3.05, 3.63) is 24.8 Å². The smallest absolute Gasteiger partial charge is 0.333 e. The molecule has 0 aromatic rings. The Morgan fingerprint density at radius 3 is 2.35 bits per heavy atom. The molecule has 17 heavy (non-hydrogen) atoms. The summed E-state index contributed by atoms with van der Waals surface area (Å²) < 4.78 is 8.85. The molecule has 7 nitrogen and oxygen atoms in total. The van der Waals surface area contributed by atoms with Gasteiger partial charge in [0, 0.05) is 18.2 Å². The second-order valence-electron chi connectivity index (χ2n) is 2.90. The van der Waals surface area contributed by atoms with E-state index in [-0.39, 0.29) is 0 Å². The standard InChI is InChI=1S/C10H9NO6/c1-2-9(14)16-6-17-10(15)5-11-7(12)3-4-8(11)13/h2-4H,1,5-6H2. The summed E-state index contributed by atoms with van der Waals surface area (Å²) in [6.45, 7) is 2.03. The van der Waals surface area contributed by atoms with Crippen LogP contribution in [0.15, 0.2) is 24.8 Å². The quantitative estimate of drug-likeness (QED) is 0.268. The van der Waals surface area contributed by atoms with E-state index in [1.807, 2.05) is 0 Å². The molecule has 0 atom stereocenters. The molecule has 0 bridgehead atoms. The topological polar surface area (TPSA) is 90.0 Å². The molecule has 0 aromatic carbocycles. The summed E-state index contributed by atoms with van der Waals surface area (Å²) in [4.78, 5) is 44.6. The third-order valence-corrected chi connectivity index (χ3v) is 1.78. The Balaban J connectivity index is 2.30. The predicted octanol–water partition coefficient (Wildman–Crippen LogP) is -0.859. The SMILES string of the molecule is C=CC(=O)OCOC(=O)CN1C(=O)C=CC1=O. The van der Waals surface area contributed by atoms with E-state index in [0.29, 0.717) is 4.90 Å². The molecule has 2 amide bonds. The van der Waals surface area contributed by atoms with Crippen LogP contribution in [0.1, 0.15) is 0 Å². The van der Waals surface area contributed by atoms with Crippen LogP contribution in [0.4, 0.5) is 0 Å². The molecular formula is C10H9NO6. The first-order chi connectivity index (χ1) is 8.04. The number of carbonyl (C=O) groups excluding carboxylic acids is 4. The molecule has 0 fully saturated rings. The van der Waals surface area contributed by atoms with Crippen LogP contribution in [0, 0.1) is 0 Å². The fourth-order valence-corrected chi connectivity index (χ4v) is 0.974. The lowest BCUT2D eigenvalue weighted by atomic mass is 10.5. The van der Waals surface area contributed by atoms with Gasteiger partial charge in [0.1, 0.15) is 6.54 Å². The molecule has 1 aliphatic heterocycles. The highest BCUT2D eigenvalue weighted by Gasteiger charge is 2.26. The molecule has 7 heteroatoms. The first kappa shape index (κ1) is 12.6. The Hall–Kier alpha value is -2.44. The largest absolute Gasteiger partial charge is 0.427 e. The number of ether oxygens (including phenoxy) is 2. The summed E-state index contributed by atoms with van der Waals surface area (Å²) in [7, 11) is 0. The number of nitrogens with zero attached hydrogens (tertiary/aromatic N) is 1. The minimum Gasteiger partial charge on any atom is -0.427 e. The molecule has 0 saturated carbocycles. The van der Waals surface area contributed by atoms with Crippen molar-refractivity contribution in [2.24, 2.45) is 0 Å². The average molecular weight is 239 g/mol. The molecule has 0 aliphatic carbocycles. The van der Waals surface area contributed by atoms with E-state index in [1.54, 1.807) is 0 Å². The summed E-state index contributed by atoms with van der Waals surface area (Å²) in [6.07, 6.45) is 3.01. The number of esters is 2. The number of hydrogen-bond donors (Lipinski definition) is 0. The van der Waals surface area contributed by atoms with Gasteiger partial charge in [-0.05, 0) is 0 Å². The predicted molar refractivity (Wildman–Crippen MR) is 53.1 cm³/mol. The Kier molecular flexibility index (Phi) is 4.15. The number of carbonyl (C=O) groups is 4. The highest BCUT2D eigenvalue weighted by atomic mass is 16.7. The van der Waals surface area contributed by atoms with Crippen LogP contribution < -0.4 is 0 Å². The number of hydrogen-bond acceptors (Lipinski definition) is 6. The lowest BCUT2D eigenvalue weighted by Gasteiger charge is -2.12. The van der Waals surface area contributed by atoms with E-state index in [2.05, 4.69) is 16.1 Å². The zero-order valence-electron chi connectivity index (χ0n) is 8.75. The number of amides is 2. The van der Waals surface area contributed by atoms with E-state index in [4.69, 9.17) is 0 Å². The fourth-order valence-electron chi connectivity index (χ4n) is 0.974. The maximum absolute atomic E-state index is 11.1. The third-order valence-electron chi connectivity index (χ3n) is 1.78. The van der Waals surface area contributed by atoms with Crippen LogP contribution in [0.5, 0.6) is 0 Å². The zero-order valence-corrected chi connectivity index (χ0v) is 8.75. The van der Waals surface area contributed by atoms with E-state index in [0.717, 1.165) is 18.2 Å². The van der Waals surface area contributed by atoms with Crippen molar-refractivity contribution in [2.45, 2.75) is 0 Å². The van der Waals surface area contributed by atoms with Crippen LogP contribution in [0.3, 0.4) is 0 Å². The highest BCUT2D eigenvalue weighted by molar-refractivity contribution is 6.14. The molecule has 0 unspecified atom stereocenters. The van der Waals surface area contributed by atoms with Gasteiger partial charge in [0.15, 0.2) is 0 Å². The maximum Gasteiger partial charge on any atom is 0.333 e. The molecule has 0 radical (unpaired) electrons. The minimum absolute atomic E-state index is 0.518. The summed E-state index contributed by atoms with van der Waals surface area (Å²) in [6, 6.07) is 0. The van der Waals surface area contributed by atoms with Gasteiger partial charge in [0.05, 0.1) is 0 Å². The Morgan fingerprint density at radius 2 is 1.82 bits per heavy atom. The van der Waals surface area contributed by atoms with Gasteiger partial charge in [0.25, 0.3) is 11.8 Å². The van der Waals surface area contributed by atoms with Gasteiger partial charge >= 0.3 is 11.9 Å². The molecule has 1 heterocycles. The van der Waals surface area contributed by atoms with Crippen LogP contribution >= 0.6 is 0 Å². The molecule has 1 rings (SSSR count). The van der Waals surface area contributed by atoms with Crippen LogP contribution in [0.25, 0.3) is 0 Å². The Morgan fingerprint density at radius 1 is 1.24 bits per heavy atom. The molecule has 0 spiro atoms. The normalized spacial score (nSPS) is 13.8. The van der Waals surface area contributed by atoms with Crippen molar-refractivity contribution >= 4 is 23.8 Å². The highest BCUT2D eigenvalue weighted by Crippen LogP contribution is 2.03. The summed E-state index contributed by atoms with van der Waals surface area (Å²) in [5.74, 6) is -2.77. The van der Waals surface area contributed by atoms with Gasteiger partial charge < -0.3 is 9.47 Å². The average Bonchev–Trinajstić information content (AvgIpc) is 2.60. The van der Waals surface area contributed by atoms with E-state index < -0.39 is 37.1 Å². The van der Waals surface area contributed by atoms with E-state index in [9.17, 15) is 19.2 Å². The van der Waals surface area contributed by atoms with Gasteiger partial charge in [-0.2, -0.15) is 0 Å². The third kappa shape index (κ3) is 3.56. The minimum atomic E-state index is -0.854. The molecule has 90 valence electrons. The summed E-state index contributed by atoms with van der Waals surface area (Å²) in [5.41, 5.74) is 0. The van der Waals surface area contributed by atoms with Crippen LogP contribution in [-0.2, 0) is 28.7 Å². The van der Waals surface area contributed by atoms with Gasteiger partial charge in [0.2, 0.25) is 6.79 Å². The molecular weight excluding hydrogens is 230 g/mol. The van der Waals surface area contributed by atoms with Crippen LogP contribution in [-0.4, -0.2) is 42.0 Å². The second-order valence-corrected chi connectivity index (χ2v) is 2.90. The van der Waals surface area contributed by atoms with Crippen molar-refractivity contribution in [3.8, 4) is 0 Å².